The number of aromatic carboxylic acids is 1. The van der Waals surface area contributed by atoms with E-state index in [0.717, 1.165) is 5.88 Å². The number of carbonyl (C=O) groups is 1. The second-order valence-electron chi connectivity index (χ2n) is 3.58. The van der Waals surface area contributed by atoms with E-state index in [0.29, 0.717) is 0 Å². The van der Waals surface area contributed by atoms with Crippen molar-refractivity contribution in [2.75, 3.05) is 5.88 Å². The van der Waals surface area contributed by atoms with Crippen molar-refractivity contribution in [1.29, 1.82) is 0 Å². The number of aromatic hydroxyl groups is 1. The van der Waals surface area contributed by atoms with Gasteiger partial charge in [0.25, 0.3) is 0 Å². The lowest BCUT2D eigenvalue weighted by atomic mass is 10.2. The van der Waals surface area contributed by atoms with Gasteiger partial charge in [-0.05, 0) is 12.5 Å². The molecule has 1 rings (SSSR count). The Bertz CT molecular complexity index is 405. The second-order valence-corrected chi connectivity index (χ2v) is 5.15. The van der Waals surface area contributed by atoms with E-state index in [2.05, 4.69) is 6.92 Å². The molecule has 19 heavy (non-hydrogen) atoms. The van der Waals surface area contributed by atoms with Gasteiger partial charge in [0, 0.05) is 5.88 Å². The van der Waals surface area contributed by atoms with Crippen molar-refractivity contribution >= 4 is 52.4 Å². The number of unbranched alkanes of at least 4 members (excludes halogenated alkanes) is 2. The standard InChI is InChI=1S/C7H3Cl3O3.C5H11Cl/c8-2-1-3(9)6(11)4(5(2)10)7(12)13;1-2-3-4-5-6/h1,11H,(H,12,13);2-5H2,1H3. The quantitative estimate of drug-likeness (QED) is 0.431. The molecule has 0 fully saturated rings. The van der Waals surface area contributed by atoms with Crippen molar-refractivity contribution in [3.63, 3.8) is 0 Å². The molecule has 0 aromatic heterocycles. The lowest BCUT2D eigenvalue weighted by molar-refractivity contribution is 0.0694. The fourth-order valence-electron chi connectivity index (χ4n) is 1.13. The number of carboxylic acid groups (broad SMARTS) is 1. The summed E-state index contributed by atoms with van der Waals surface area (Å²) in [6.45, 7) is 2.17. The van der Waals surface area contributed by atoms with E-state index < -0.39 is 17.3 Å². The number of alkyl halides is 1. The van der Waals surface area contributed by atoms with Crippen LogP contribution in [-0.4, -0.2) is 22.1 Å². The average Bonchev–Trinajstić information content (AvgIpc) is 2.34. The summed E-state index contributed by atoms with van der Waals surface area (Å²) in [7, 11) is 0. The summed E-state index contributed by atoms with van der Waals surface area (Å²) < 4.78 is 0. The molecular weight excluding hydrogens is 334 g/mol. The molecule has 108 valence electrons. The first-order valence-electron chi connectivity index (χ1n) is 5.52. The maximum atomic E-state index is 10.6. The van der Waals surface area contributed by atoms with Crippen LogP contribution in [-0.2, 0) is 0 Å². The fourth-order valence-corrected chi connectivity index (χ4v) is 2.00. The minimum atomic E-state index is -1.38. The molecule has 0 aliphatic carbocycles. The van der Waals surface area contributed by atoms with Crippen molar-refractivity contribution in [1.82, 2.24) is 0 Å². The van der Waals surface area contributed by atoms with Crippen molar-refractivity contribution < 1.29 is 15.0 Å². The molecule has 3 nitrogen and oxygen atoms in total. The highest BCUT2D eigenvalue weighted by Crippen LogP contribution is 2.38. The first-order chi connectivity index (χ1) is 8.86. The number of hydrogen-bond acceptors (Lipinski definition) is 2. The van der Waals surface area contributed by atoms with E-state index in [9.17, 15) is 9.90 Å². The Kier molecular flexibility index (Phi) is 9.36. The third-order valence-corrected chi connectivity index (χ3v) is 3.44. The van der Waals surface area contributed by atoms with Crippen LogP contribution < -0.4 is 0 Å². The SMILES string of the molecule is CCCCCCl.O=C(O)c1c(O)c(Cl)cc(Cl)c1Cl. The molecule has 0 heterocycles. The van der Waals surface area contributed by atoms with Gasteiger partial charge in [-0.3, -0.25) is 0 Å². The van der Waals surface area contributed by atoms with Crippen molar-refractivity contribution in [3.8, 4) is 5.75 Å². The zero-order chi connectivity index (χ0) is 15.0. The molecule has 0 bridgehead atoms. The Balaban J connectivity index is 0.000000459. The number of phenols is 1. The highest BCUT2D eigenvalue weighted by Gasteiger charge is 2.20. The van der Waals surface area contributed by atoms with Gasteiger partial charge < -0.3 is 10.2 Å². The summed E-state index contributed by atoms with van der Waals surface area (Å²) in [5.74, 6) is -1.14. The van der Waals surface area contributed by atoms with E-state index in [1.54, 1.807) is 0 Å². The molecule has 0 amide bonds. The summed E-state index contributed by atoms with van der Waals surface area (Å²) in [5.41, 5.74) is -0.487. The largest absolute Gasteiger partial charge is 0.505 e. The zero-order valence-corrected chi connectivity index (χ0v) is 13.2. The predicted molar refractivity (Wildman–Crippen MR) is 80.3 cm³/mol. The van der Waals surface area contributed by atoms with E-state index in [1.165, 1.54) is 25.3 Å². The van der Waals surface area contributed by atoms with E-state index in [4.69, 9.17) is 51.5 Å². The topological polar surface area (TPSA) is 57.5 Å². The van der Waals surface area contributed by atoms with Crippen LogP contribution in [0.25, 0.3) is 0 Å². The molecule has 0 aliphatic rings. The van der Waals surface area contributed by atoms with Crippen LogP contribution in [0.2, 0.25) is 15.1 Å². The van der Waals surface area contributed by atoms with E-state index in [1.807, 2.05) is 0 Å². The molecule has 2 N–H and O–H groups in total. The Morgan fingerprint density at radius 3 is 2.16 bits per heavy atom. The van der Waals surface area contributed by atoms with Gasteiger partial charge in [-0.25, -0.2) is 4.79 Å². The Morgan fingerprint density at radius 2 is 1.79 bits per heavy atom. The third-order valence-electron chi connectivity index (χ3n) is 2.10. The smallest absolute Gasteiger partial charge is 0.341 e. The van der Waals surface area contributed by atoms with Gasteiger partial charge in [-0.1, -0.05) is 54.6 Å². The van der Waals surface area contributed by atoms with Crippen molar-refractivity contribution in [2.45, 2.75) is 26.2 Å². The maximum absolute atomic E-state index is 10.6. The summed E-state index contributed by atoms with van der Waals surface area (Å²) in [6, 6.07) is 1.17. The molecular formula is C12H14Cl4O3. The fraction of sp³-hybridized carbons (Fsp3) is 0.417. The first kappa shape index (κ1) is 18.7. The maximum Gasteiger partial charge on any atom is 0.341 e. The third kappa shape index (κ3) is 6.09. The Labute approximate surface area is 132 Å². The van der Waals surface area contributed by atoms with Gasteiger partial charge in [-0.15, -0.1) is 11.6 Å². The molecule has 0 aliphatic heterocycles. The van der Waals surface area contributed by atoms with Crippen LogP contribution in [0, 0.1) is 0 Å². The summed E-state index contributed by atoms with van der Waals surface area (Å²) >= 11 is 21.9. The number of hydrogen-bond donors (Lipinski definition) is 2. The molecule has 1 aromatic rings. The first-order valence-corrected chi connectivity index (χ1v) is 7.19. The number of benzene rings is 1. The van der Waals surface area contributed by atoms with Crippen LogP contribution in [0.3, 0.4) is 0 Å². The summed E-state index contributed by atoms with van der Waals surface area (Å²) in [4.78, 5) is 10.6. The monoisotopic (exact) mass is 346 g/mol. The van der Waals surface area contributed by atoms with Gasteiger partial charge in [-0.2, -0.15) is 0 Å². The zero-order valence-electron chi connectivity index (χ0n) is 10.2. The van der Waals surface area contributed by atoms with Gasteiger partial charge in [0.05, 0.1) is 15.1 Å². The van der Waals surface area contributed by atoms with Crippen molar-refractivity contribution in [3.05, 3.63) is 26.7 Å². The molecule has 0 spiro atoms. The molecule has 7 heteroatoms. The van der Waals surface area contributed by atoms with Gasteiger partial charge in [0.1, 0.15) is 11.3 Å². The molecule has 0 radical (unpaired) electrons. The van der Waals surface area contributed by atoms with E-state index in [-0.39, 0.29) is 15.1 Å². The molecule has 0 saturated heterocycles. The minimum absolute atomic E-state index is 0.0122. The Hall–Kier alpha value is -0.350. The van der Waals surface area contributed by atoms with Gasteiger partial charge >= 0.3 is 5.97 Å². The van der Waals surface area contributed by atoms with Gasteiger partial charge in [0.2, 0.25) is 0 Å². The molecule has 1 aromatic carbocycles. The lowest BCUT2D eigenvalue weighted by Crippen LogP contribution is -1.98. The highest BCUT2D eigenvalue weighted by atomic mass is 35.5. The number of halogens is 4. The normalized spacial score (nSPS) is 9.74. The second kappa shape index (κ2) is 9.54. The van der Waals surface area contributed by atoms with Crippen LogP contribution in [0.15, 0.2) is 6.07 Å². The average molecular weight is 348 g/mol. The van der Waals surface area contributed by atoms with Crippen LogP contribution in [0.1, 0.15) is 36.5 Å². The summed E-state index contributed by atoms with van der Waals surface area (Å²) in [6.07, 6.45) is 3.73. The van der Waals surface area contributed by atoms with Crippen molar-refractivity contribution in [2.24, 2.45) is 0 Å². The molecule has 0 atom stereocenters. The molecule has 0 saturated carbocycles. The lowest BCUT2D eigenvalue weighted by Gasteiger charge is -2.05. The molecule has 0 unspecified atom stereocenters. The van der Waals surface area contributed by atoms with Crippen LogP contribution in [0.5, 0.6) is 5.75 Å². The van der Waals surface area contributed by atoms with Gasteiger partial charge in [0.15, 0.2) is 0 Å². The minimum Gasteiger partial charge on any atom is -0.505 e. The van der Waals surface area contributed by atoms with Crippen LogP contribution >= 0.6 is 46.4 Å². The van der Waals surface area contributed by atoms with E-state index >= 15 is 0 Å². The number of carboxylic acids is 1. The summed E-state index contributed by atoms with van der Waals surface area (Å²) in [5, 5.41) is 17.5. The predicted octanol–water partition coefficient (Wildman–Crippen LogP) is 5.47. The highest BCUT2D eigenvalue weighted by molar-refractivity contribution is 6.45. The number of rotatable bonds is 4. The Morgan fingerprint density at radius 1 is 1.21 bits per heavy atom. The van der Waals surface area contributed by atoms with Crippen LogP contribution in [0.4, 0.5) is 0 Å².